The van der Waals surface area contributed by atoms with Gasteiger partial charge in [0, 0.05) is 43.3 Å². The Morgan fingerprint density at radius 2 is 0.903 bits per heavy atom. The molecule has 1 aliphatic heterocycles. The van der Waals surface area contributed by atoms with E-state index in [4.69, 9.17) is 0 Å². The van der Waals surface area contributed by atoms with Crippen molar-refractivity contribution in [1.82, 2.24) is 0 Å². The molecule has 10 aromatic carbocycles. The van der Waals surface area contributed by atoms with E-state index in [9.17, 15) is 0 Å². The summed E-state index contributed by atoms with van der Waals surface area (Å²) in [5.41, 5.74) is 19.4. The van der Waals surface area contributed by atoms with Crippen molar-refractivity contribution in [3.63, 3.8) is 0 Å². The summed E-state index contributed by atoms with van der Waals surface area (Å²) in [5.74, 6) is 0. The van der Waals surface area contributed by atoms with Gasteiger partial charge in [0.2, 0.25) is 0 Å². The zero-order valence-electron chi connectivity index (χ0n) is 34.5. The molecule has 0 radical (unpaired) electrons. The zero-order chi connectivity index (χ0) is 41.5. The SMILES string of the molecule is CC1(C)c2ccccc2-c2ccc(N(c3ccc(-c4ccccc4)cc3)c3ccc(-c4ccc5c(c4)-c4cccc6cccc(c46)N5c4cccc5cccc(Br)c45)cc3)cc21. The first-order chi connectivity index (χ1) is 30.4. The molecule has 0 aromatic heterocycles. The van der Waals surface area contributed by atoms with Crippen molar-refractivity contribution in [2.75, 3.05) is 9.80 Å². The normalized spacial score (nSPS) is 13.2. The summed E-state index contributed by atoms with van der Waals surface area (Å²) in [4.78, 5) is 4.87. The molecule has 294 valence electrons. The minimum atomic E-state index is -0.106. The van der Waals surface area contributed by atoms with Crippen molar-refractivity contribution in [3.05, 3.63) is 228 Å². The van der Waals surface area contributed by atoms with Gasteiger partial charge in [-0.3, -0.25) is 0 Å². The average molecular weight is 858 g/mol. The monoisotopic (exact) mass is 856 g/mol. The predicted molar refractivity (Wildman–Crippen MR) is 266 cm³/mol. The summed E-state index contributed by atoms with van der Waals surface area (Å²) in [7, 11) is 0. The van der Waals surface area contributed by atoms with E-state index in [1.54, 1.807) is 0 Å². The van der Waals surface area contributed by atoms with Crippen LogP contribution >= 0.6 is 15.9 Å². The third-order valence-corrected chi connectivity index (χ3v) is 13.9. The topological polar surface area (TPSA) is 6.48 Å². The molecule has 12 rings (SSSR count). The molecule has 0 spiro atoms. The molecule has 0 bridgehead atoms. The Labute approximate surface area is 371 Å². The van der Waals surface area contributed by atoms with Crippen LogP contribution < -0.4 is 9.80 Å². The molecule has 2 aliphatic rings. The fourth-order valence-corrected chi connectivity index (χ4v) is 10.8. The summed E-state index contributed by atoms with van der Waals surface area (Å²) in [6.45, 7) is 4.71. The number of halogens is 1. The van der Waals surface area contributed by atoms with Crippen LogP contribution in [0.5, 0.6) is 0 Å². The first kappa shape index (κ1) is 36.6. The molecule has 2 nitrogen and oxygen atoms in total. The van der Waals surface area contributed by atoms with E-state index < -0.39 is 0 Å². The van der Waals surface area contributed by atoms with E-state index in [2.05, 4.69) is 252 Å². The molecule has 0 atom stereocenters. The molecule has 0 amide bonds. The Balaban J connectivity index is 0.974. The van der Waals surface area contributed by atoms with Gasteiger partial charge in [-0.15, -0.1) is 0 Å². The molecule has 0 fully saturated rings. The van der Waals surface area contributed by atoms with E-state index in [0.29, 0.717) is 0 Å². The van der Waals surface area contributed by atoms with Crippen LogP contribution in [-0.4, -0.2) is 0 Å². The number of hydrogen-bond donors (Lipinski definition) is 0. The van der Waals surface area contributed by atoms with E-state index in [0.717, 1.165) is 27.2 Å². The highest BCUT2D eigenvalue weighted by Gasteiger charge is 2.36. The molecule has 1 aliphatic carbocycles. The molecular formula is C59H41BrN2. The van der Waals surface area contributed by atoms with Crippen molar-refractivity contribution in [2.45, 2.75) is 19.3 Å². The molecule has 62 heavy (non-hydrogen) atoms. The van der Waals surface area contributed by atoms with Crippen LogP contribution in [-0.2, 0) is 5.41 Å². The maximum atomic E-state index is 3.92. The van der Waals surface area contributed by atoms with Gasteiger partial charge >= 0.3 is 0 Å². The lowest BCUT2D eigenvalue weighted by Crippen LogP contribution is -2.16. The molecule has 0 unspecified atom stereocenters. The molecule has 0 saturated heterocycles. The molecule has 10 aromatic rings. The number of rotatable bonds is 6. The van der Waals surface area contributed by atoms with Gasteiger partial charge in [0.15, 0.2) is 0 Å². The smallest absolute Gasteiger partial charge is 0.0551 e. The highest BCUT2D eigenvalue weighted by atomic mass is 79.9. The van der Waals surface area contributed by atoms with E-state index in [-0.39, 0.29) is 5.41 Å². The highest BCUT2D eigenvalue weighted by molar-refractivity contribution is 9.10. The van der Waals surface area contributed by atoms with E-state index in [1.165, 1.54) is 88.6 Å². The van der Waals surface area contributed by atoms with Gasteiger partial charge in [0.25, 0.3) is 0 Å². The largest absolute Gasteiger partial charge is 0.310 e. The Bertz CT molecular complexity index is 3380. The Kier molecular flexibility index (Phi) is 8.39. The minimum Gasteiger partial charge on any atom is -0.310 e. The van der Waals surface area contributed by atoms with Crippen LogP contribution in [0, 0.1) is 0 Å². The summed E-state index contributed by atoms with van der Waals surface area (Å²) < 4.78 is 1.09. The van der Waals surface area contributed by atoms with Gasteiger partial charge in [0.1, 0.15) is 0 Å². The van der Waals surface area contributed by atoms with Crippen molar-refractivity contribution >= 4 is 71.6 Å². The standard InChI is InChI=1S/C59H41BrN2/c1-59(2)51-20-7-6-18-47(51)48-34-33-46(37-52(48)59)61(44-29-24-39(25-30-44)38-12-4-3-5-13-38)45-31-26-40(27-32-45)43-28-35-54-50(36-43)49-19-8-14-41-16-10-22-55(57(41)49)62(54)56-23-11-17-42-15-9-21-53(60)58(42)56/h3-37H,1-2H3. The fourth-order valence-electron chi connectivity index (χ4n) is 10.2. The third kappa shape index (κ3) is 5.69. The van der Waals surface area contributed by atoms with Gasteiger partial charge in [-0.25, -0.2) is 0 Å². The third-order valence-electron chi connectivity index (χ3n) is 13.2. The van der Waals surface area contributed by atoms with Gasteiger partial charge in [0.05, 0.1) is 17.1 Å². The minimum absolute atomic E-state index is 0.106. The predicted octanol–water partition coefficient (Wildman–Crippen LogP) is 17.3. The lowest BCUT2D eigenvalue weighted by molar-refractivity contribution is 0.660. The second-order valence-electron chi connectivity index (χ2n) is 17.1. The van der Waals surface area contributed by atoms with Crippen molar-refractivity contribution in [1.29, 1.82) is 0 Å². The second-order valence-corrected chi connectivity index (χ2v) is 17.9. The molecular weight excluding hydrogens is 817 g/mol. The van der Waals surface area contributed by atoms with Crippen LogP contribution in [0.2, 0.25) is 0 Å². The summed E-state index contributed by atoms with van der Waals surface area (Å²) in [6.07, 6.45) is 0. The summed E-state index contributed by atoms with van der Waals surface area (Å²) in [6, 6.07) is 78.1. The maximum absolute atomic E-state index is 3.92. The van der Waals surface area contributed by atoms with Crippen LogP contribution in [0.15, 0.2) is 217 Å². The lowest BCUT2D eigenvalue weighted by atomic mass is 9.82. The van der Waals surface area contributed by atoms with Crippen molar-refractivity contribution in [3.8, 4) is 44.5 Å². The Hall–Kier alpha value is -7.20. The van der Waals surface area contributed by atoms with Gasteiger partial charge in [-0.05, 0) is 128 Å². The second kappa shape index (κ2) is 14.2. The quantitative estimate of drug-likeness (QED) is 0.164. The van der Waals surface area contributed by atoms with Crippen molar-refractivity contribution in [2.24, 2.45) is 0 Å². The molecule has 0 saturated carbocycles. The van der Waals surface area contributed by atoms with Crippen molar-refractivity contribution < 1.29 is 0 Å². The van der Waals surface area contributed by atoms with Gasteiger partial charge in [-0.2, -0.15) is 0 Å². The zero-order valence-corrected chi connectivity index (χ0v) is 36.1. The Morgan fingerprint density at radius 3 is 1.63 bits per heavy atom. The summed E-state index contributed by atoms with van der Waals surface area (Å²) in [5, 5.41) is 4.91. The van der Waals surface area contributed by atoms with Gasteiger partial charge in [-0.1, -0.05) is 175 Å². The summed E-state index contributed by atoms with van der Waals surface area (Å²) >= 11 is 3.92. The van der Waals surface area contributed by atoms with Gasteiger partial charge < -0.3 is 9.80 Å². The fraction of sp³-hybridized carbons (Fsp3) is 0.0508. The Morgan fingerprint density at radius 1 is 0.371 bits per heavy atom. The van der Waals surface area contributed by atoms with Crippen LogP contribution in [0.3, 0.4) is 0 Å². The highest BCUT2D eigenvalue weighted by Crippen LogP contribution is 2.54. The molecule has 1 heterocycles. The number of anilines is 6. The number of fused-ring (bicyclic) bond motifs is 6. The number of benzene rings is 10. The average Bonchev–Trinajstić information content (AvgIpc) is 3.55. The first-order valence-corrected chi connectivity index (χ1v) is 22.2. The number of nitrogens with zero attached hydrogens (tertiary/aromatic N) is 2. The number of hydrogen-bond acceptors (Lipinski definition) is 2. The van der Waals surface area contributed by atoms with Crippen LogP contribution in [0.4, 0.5) is 34.1 Å². The van der Waals surface area contributed by atoms with Crippen LogP contribution in [0.25, 0.3) is 66.1 Å². The maximum Gasteiger partial charge on any atom is 0.0551 e. The van der Waals surface area contributed by atoms with E-state index in [1.807, 2.05) is 0 Å². The first-order valence-electron chi connectivity index (χ1n) is 21.4. The lowest BCUT2D eigenvalue weighted by Gasteiger charge is -2.34. The van der Waals surface area contributed by atoms with Crippen LogP contribution in [0.1, 0.15) is 25.0 Å². The van der Waals surface area contributed by atoms with E-state index >= 15 is 0 Å². The molecule has 0 N–H and O–H groups in total. The molecule has 3 heteroatoms.